The first-order valence-corrected chi connectivity index (χ1v) is 5.70. The molecule has 1 aromatic heterocycles. The summed E-state index contributed by atoms with van der Waals surface area (Å²) in [6, 6.07) is -0.358. The van der Waals surface area contributed by atoms with Crippen molar-refractivity contribution < 1.29 is 9.59 Å². The molecular weight excluding hydrogens is 220 g/mol. The monoisotopic (exact) mass is 236 g/mol. The number of aryl methyl sites for hydroxylation is 1. The fourth-order valence-electron chi connectivity index (χ4n) is 1.87. The van der Waals surface area contributed by atoms with Crippen LogP contribution in [0.5, 0.6) is 0 Å². The van der Waals surface area contributed by atoms with Gasteiger partial charge in [0.05, 0.1) is 0 Å². The Bertz CT molecular complexity index is 427. The smallest absolute Gasteiger partial charge is 0.242 e. The van der Waals surface area contributed by atoms with Gasteiger partial charge in [0.1, 0.15) is 11.9 Å². The minimum Gasteiger partial charge on any atom is -0.354 e. The predicted molar refractivity (Wildman–Crippen MR) is 61.1 cm³/mol. The van der Waals surface area contributed by atoms with Crippen molar-refractivity contribution in [2.45, 2.75) is 25.3 Å². The molecule has 1 unspecified atom stereocenters. The van der Waals surface area contributed by atoms with E-state index in [1.54, 1.807) is 6.20 Å². The molecule has 0 aliphatic carbocycles. The molecule has 1 aromatic rings. The first kappa shape index (κ1) is 11.6. The highest BCUT2D eigenvalue weighted by molar-refractivity contribution is 5.90. The number of carbonyl (C=O) groups is 2. The highest BCUT2D eigenvalue weighted by atomic mass is 16.2. The Labute approximate surface area is 99.4 Å². The van der Waals surface area contributed by atoms with Gasteiger partial charge in [0.2, 0.25) is 11.8 Å². The van der Waals surface area contributed by atoms with Crippen LogP contribution >= 0.6 is 0 Å². The number of carbonyl (C=O) groups excluding carboxylic acids is 2. The summed E-state index contributed by atoms with van der Waals surface area (Å²) in [6.45, 7) is 0.538. The fourth-order valence-corrected chi connectivity index (χ4v) is 1.87. The van der Waals surface area contributed by atoms with Gasteiger partial charge in [0.25, 0.3) is 0 Å². The SMILES string of the molecule is Cn1ccnc1CCNC(=O)C1CCC(=O)N1. The first-order valence-electron chi connectivity index (χ1n) is 5.70. The maximum Gasteiger partial charge on any atom is 0.242 e. The summed E-state index contributed by atoms with van der Waals surface area (Å²) in [5, 5.41) is 5.44. The van der Waals surface area contributed by atoms with Crippen LogP contribution in [-0.2, 0) is 23.1 Å². The Morgan fingerprint density at radius 2 is 2.53 bits per heavy atom. The highest BCUT2D eigenvalue weighted by Gasteiger charge is 2.26. The number of aromatic nitrogens is 2. The van der Waals surface area contributed by atoms with E-state index in [4.69, 9.17) is 0 Å². The lowest BCUT2D eigenvalue weighted by Crippen LogP contribution is -2.42. The zero-order valence-electron chi connectivity index (χ0n) is 9.77. The maximum atomic E-state index is 11.7. The normalized spacial score (nSPS) is 19.1. The number of nitrogens with one attached hydrogen (secondary N) is 2. The quantitative estimate of drug-likeness (QED) is 0.730. The van der Waals surface area contributed by atoms with Gasteiger partial charge in [0, 0.05) is 38.8 Å². The van der Waals surface area contributed by atoms with Gasteiger partial charge in [0.15, 0.2) is 0 Å². The number of hydrogen-bond acceptors (Lipinski definition) is 3. The van der Waals surface area contributed by atoms with Crippen LogP contribution in [0.1, 0.15) is 18.7 Å². The second-order valence-electron chi connectivity index (χ2n) is 4.15. The molecule has 6 nitrogen and oxygen atoms in total. The van der Waals surface area contributed by atoms with Gasteiger partial charge in [-0.25, -0.2) is 4.98 Å². The molecule has 0 radical (unpaired) electrons. The topological polar surface area (TPSA) is 76.0 Å². The summed E-state index contributed by atoms with van der Waals surface area (Å²) < 4.78 is 1.92. The van der Waals surface area contributed by atoms with E-state index >= 15 is 0 Å². The molecule has 2 N–H and O–H groups in total. The third-order valence-electron chi connectivity index (χ3n) is 2.88. The largest absolute Gasteiger partial charge is 0.354 e. The fraction of sp³-hybridized carbons (Fsp3) is 0.545. The molecule has 6 heteroatoms. The molecule has 2 amide bonds. The Morgan fingerprint density at radius 1 is 1.71 bits per heavy atom. The summed E-state index contributed by atoms with van der Waals surface area (Å²) in [5.41, 5.74) is 0. The molecule has 2 heterocycles. The van der Waals surface area contributed by atoms with E-state index in [0.717, 1.165) is 5.82 Å². The van der Waals surface area contributed by atoms with Crippen molar-refractivity contribution in [3.05, 3.63) is 18.2 Å². The van der Waals surface area contributed by atoms with Gasteiger partial charge in [-0.05, 0) is 6.42 Å². The van der Waals surface area contributed by atoms with Gasteiger partial charge in [-0.2, -0.15) is 0 Å². The summed E-state index contributed by atoms with van der Waals surface area (Å²) in [7, 11) is 1.92. The van der Waals surface area contributed by atoms with Crippen molar-refractivity contribution >= 4 is 11.8 Å². The van der Waals surface area contributed by atoms with Crippen LogP contribution in [0.2, 0.25) is 0 Å². The molecular formula is C11H16N4O2. The molecule has 1 saturated heterocycles. The van der Waals surface area contributed by atoms with Crippen LogP contribution in [0.3, 0.4) is 0 Å². The number of amides is 2. The van der Waals surface area contributed by atoms with Crippen LogP contribution in [0.15, 0.2) is 12.4 Å². The second-order valence-corrected chi connectivity index (χ2v) is 4.15. The summed E-state index contributed by atoms with van der Waals surface area (Å²) in [5.74, 6) is 0.778. The Morgan fingerprint density at radius 3 is 3.12 bits per heavy atom. The van der Waals surface area contributed by atoms with Crippen molar-refractivity contribution in [3.63, 3.8) is 0 Å². The molecule has 0 aromatic carbocycles. The average molecular weight is 236 g/mol. The van der Waals surface area contributed by atoms with Gasteiger partial charge < -0.3 is 15.2 Å². The lowest BCUT2D eigenvalue weighted by Gasteiger charge is -2.10. The number of nitrogens with zero attached hydrogens (tertiary/aromatic N) is 2. The Hall–Kier alpha value is -1.85. The molecule has 1 fully saturated rings. The molecule has 92 valence electrons. The van der Waals surface area contributed by atoms with E-state index in [2.05, 4.69) is 15.6 Å². The molecule has 0 saturated carbocycles. The highest BCUT2D eigenvalue weighted by Crippen LogP contribution is 2.06. The molecule has 17 heavy (non-hydrogen) atoms. The van der Waals surface area contributed by atoms with E-state index in [1.165, 1.54) is 0 Å². The number of imidazole rings is 1. The molecule has 2 rings (SSSR count). The maximum absolute atomic E-state index is 11.7. The minimum atomic E-state index is -0.358. The average Bonchev–Trinajstić information content (AvgIpc) is 2.88. The lowest BCUT2D eigenvalue weighted by molar-refractivity contribution is -0.125. The van der Waals surface area contributed by atoms with Crippen LogP contribution in [0.4, 0.5) is 0 Å². The van der Waals surface area contributed by atoms with Crippen molar-refractivity contribution in [2.24, 2.45) is 7.05 Å². The van der Waals surface area contributed by atoms with Crippen LogP contribution in [-0.4, -0.2) is 34.0 Å². The van der Waals surface area contributed by atoms with Gasteiger partial charge >= 0.3 is 0 Å². The third-order valence-corrected chi connectivity index (χ3v) is 2.88. The lowest BCUT2D eigenvalue weighted by atomic mass is 10.2. The molecule has 0 bridgehead atoms. The third kappa shape index (κ3) is 2.83. The van der Waals surface area contributed by atoms with Gasteiger partial charge in [-0.15, -0.1) is 0 Å². The molecule has 1 aliphatic heterocycles. The van der Waals surface area contributed by atoms with E-state index < -0.39 is 0 Å². The number of rotatable bonds is 4. The van der Waals surface area contributed by atoms with Crippen molar-refractivity contribution in [2.75, 3.05) is 6.54 Å². The van der Waals surface area contributed by atoms with Crippen LogP contribution < -0.4 is 10.6 Å². The van der Waals surface area contributed by atoms with Crippen molar-refractivity contribution in [1.82, 2.24) is 20.2 Å². The van der Waals surface area contributed by atoms with E-state index in [-0.39, 0.29) is 17.9 Å². The minimum absolute atomic E-state index is 0.0470. The molecule has 1 atom stereocenters. The van der Waals surface area contributed by atoms with E-state index in [0.29, 0.717) is 25.8 Å². The zero-order valence-corrected chi connectivity index (χ0v) is 9.77. The van der Waals surface area contributed by atoms with Gasteiger partial charge in [-0.3, -0.25) is 9.59 Å². The standard InChI is InChI=1S/C11H16N4O2/c1-15-7-6-12-9(15)4-5-13-11(17)8-2-3-10(16)14-8/h6-8H,2-5H2,1H3,(H,13,17)(H,14,16). The van der Waals surface area contributed by atoms with Gasteiger partial charge in [-0.1, -0.05) is 0 Å². The Balaban J connectivity index is 1.74. The van der Waals surface area contributed by atoms with Crippen LogP contribution in [0.25, 0.3) is 0 Å². The second kappa shape index (κ2) is 4.99. The van der Waals surface area contributed by atoms with Crippen LogP contribution in [0, 0.1) is 0 Å². The molecule has 0 spiro atoms. The zero-order chi connectivity index (χ0) is 12.3. The number of hydrogen-bond donors (Lipinski definition) is 2. The van der Waals surface area contributed by atoms with E-state index in [9.17, 15) is 9.59 Å². The summed E-state index contributed by atoms with van der Waals surface area (Å²) >= 11 is 0. The van der Waals surface area contributed by atoms with E-state index in [1.807, 2.05) is 17.8 Å². The first-order chi connectivity index (χ1) is 8.16. The predicted octanol–water partition coefficient (Wildman–Crippen LogP) is -0.643. The van der Waals surface area contributed by atoms with Crippen molar-refractivity contribution in [3.8, 4) is 0 Å². The molecule has 1 aliphatic rings. The van der Waals surface area contributed by atoms with Crippen molar-refractivity contribution in [1.29, 1.82) is 0 Å². The summed E-state index contributed by atoms with van der Waals surface area (Å²) in [6.07, 6.45) is 5.32. The Kier molecular flexibility index (Phi) is 3.41. The summed E-state index contributed by atoms with van der Waals surface area (Å²) in [4.78, 5) is 26.8.